The van der Waals surface area contributed by atoms with E-state index in [4.69, 9.17) is 0 Å². The van der Waals surface area contributed by atoms with E-state index in [2.05, 4.69) is 17.4 Å². The third kappa shape index (κ3) is 2.84. The molecule has 1 aliphatic carbocycles. The van der Waals surface area contributed by atoms with Gasteiger partial charge in [-0.1, -0.05) is 66.7 Å². The Bertz CT molecular complexity index is 945. The highest BCUT2D eigenvalue weighted by Gasteiger charge is 2.40. The average Bonchev–Trinajstić information content (AvgIpc) is 2.84. The summed E-state index contributed by atoms with van der Waals surface area (Å²) in [6.45, 7) is 2.43. The topological polar surface area (TPSA) is 49.3 Å². The SMILES string of the molecule is CCNC(=O)c1ccccc1C1(O)c2ccccc2CCc2ccccc21. The summed E-state index contributed by atoms with van der Waals surface area (Å²) in [6, 6.07) is 23.4. The first-order valence-electron chi connectivity index (χ1n) is 9.43. The van der Waals surface area contributed by atoms with Crippen molar-refractivity contribution in [3.63, 3.8) is 0 Å². The fourth-order valence-corrected chi connectivity index (χ4v) is 4.14. The van der Waals surface area contributed by atoms with E-state index in [9.17, 15) is 9.90 Å². The maximum absolute atomic E-state index is 12.7. The van der Waals surface area contributed by atoms with E-state index < -0.39 is 5.60 Å². The highest BCUT2D eigenvalue weighted by atomic mass is 16.3. The van der Waals surface area contributed by atoms with Gasteiger partial charge in [0.15, 0.2) is 0 Å². The summed E-state index contributed by atoms with van der Waals surface area (Å²) < 4.78 is 0. The number of carbonyl (C=O) groups excluding carboxylic acids is 1. The molecule has 0 saturated heterocycles. The van der Waals surface area contributed by atoms with E-state index in [1.165, 1.54) is 0 Å². The molecule has 0 fully saturated rings. The van der Waals surface area contributed by atoms with Crippen molar-refractivity contribution in [1.82, 2.24) is 5.32 Å². The molecule has 0 heterocycles. The minimum absolute atomic E-state index is 0.166. The molecule has 3 aromatic rings. The Balaban J connectivity index is 2.04. The summed E-state index contributed by atoms with van der Waals surface area (Å²) in [7, 11) is 0. The van der Waals surface area contributed by atoms with Crippen molar-refractivity contribution in [2.75, 3.05) is 6.54 Å². The van der Waals surface area contributed by atoms with Crippen LogP contribution in [0.15, 0.2) is 72.8 Å². The van der Waals surface area contributed by atoms with Crippen LogP contribution in [-0.4, -0.2) is 17.6 Å². The van der Waals surface area contributed by atoms with Gasteiger partial charge in [-0.05, 0) is 48.1 Å². The molecule has 1 amide bonds. The fourth-order valence-electron chi connectivity index (χ4n) is 4.14. The molecule has 27 heavy (non-hydrogen) atoms. The predicted octanol–water partition coefficient (Wildman–Crippen LogP) is 3.82. The number of aryl methyl sites for hydroxylation is 2. The van der Waals surface area contributed by atoms with Gasteiger partial charge in [-0.15, -0.1) is 0 Å². The zero-order valence-electron chi connectivity index (χ0n) is 15.4. The van der Waals surface area contributed by atoms with Crippen LogP contribution in [0.3, 0.4) is 0 Å². The monoisotopic (exact) mass is 357 g/mol. The minimum Gasteiger partial charge on any atom is -0.376 e. The first-order valence-corrected chi connectivity index (χ1v) is 9.43. The first-order chi connectivity index (χ1) is 13.2. The molecule has 0 spiro atoms. The molecule has 0 bridgehead atoms. The Morgan fingerprint density at radius 1 is 0.852 bits per heavy atom. The van der Waals surface area contributed by atoms with Gasteiger partial charge in [0.1, 0.15) is 5.60 Å². The van der Waals surface area contributed by atoms with Crippen LogP contribution in [-0.2, 0) is 18.4 Å². The van der Waals surface area contributed by atoms with Gasteiger partial charge in [-0.25, -0.2) is 0 Å². The van der Waals surface area contributed by atoms with Crippen LogP contribution in [0.25, 0.3) is 0 Å². The highest BCUT2D eigenvalue weighted by Crippen LogP contribution is 2.43. The van der Waals surface area contributed by atoms with Crippen LogP contribution in [0.2, 0.25) is 0 Å². The van der Waals surface area contributed by atoms with Crippen LogP contribution in [0.5, 0.6) is 0 Å². The van der Waals surface area contributed by atoms with Crippen LogP contribution >= 0.6 is 0 Å². The quantitative estimate of drug-likeness (QED) is 0.749. The van der Waals surface area contributed by atoms with Gasteiger partial charge in [0.2, 0.25) is 0 Å². The summed E-state index contributed by atoms with van der Waals surface area (Å²) in [5, 5.41) is 15.1. The van der Waals surface area contributed by atoms with Crippen LogP contribution < -0.4 is 5.32 Å². The van der Waals surface area contributed by atoms with Gasteiger partial charge >= 0.3 is 0 Å². The zero-order chi connectivity index (χ0) is 18.9. The third-order valence-corrected chi connectivity index (χ3v) is 5.38. The van der Waals surface area contributed by atoms with Crippen molar-refractivity contribution in [3.8, 4) is 0 Å². The Morgan fingerprint density at radius 2 is 1.33 bits per heavy atom. The molecule has 1 aliphatic rings. The number of carbonyl (C=O) groups is 1. The van der Waals surface area contributed by atoms with Crippen molar-refractivity contribution in [2.45, 2.75) is 25.4 Å². The minimum atomic E-state index is -1.37. The summed E-state index contributed by atoms with van der Waals surface area (Å²) in [6.07, 6.45) is 1.72. The third-order valence-electron chi connectivity index (χ3n) is 5.38. The van der Waals surface area contributed by atoms with Gasteiger partial charge in [-0.2, -0.15) is 0 Å². The van der Waals surface area contributed by atoms with Crippen molar-refractivity contribution in [1.29, 1.82) is 0 Å². The number of benzene rings is 3. The molecular formula is C24H23NO2. The Kier molecular flexibility index (Phi) is 4.54. The normalized spacial score (nSPS) is 14.6. The number of rotatable bonds is 3. The smallest absolute Gasteiger partial charge is 0.251 e. The summed E-state index contributed by atoms with van der Waals surface area (Å²) in [5.41, 5.74) is 3.69. The van der Waals surface area contributed by atoms with Crippen molar-refractivity contribution in [2.24, 2.45) is 0 Å². The lowest BCUT2D eigenvalue weighted by atomic mass is 9.76. The van der Waals surface area contributed by atoms with E-state index in [0.29, 0.717) is 17.7 Å². The molecule has 0 aromatic heterocycles. The molecule has 0 saturated carbocycles. The second kappa shape index (κ2) is 7.01. The number of fused-ring (bicyclic) bond motifs is 2. The van der Waals surface area contributed by atoms with Crippen LogP contribution in [0.4, 0.5) is 0 Å². The van der Waals surface area contributed by atoms with Gasteiger partial charge in [0.25, 0.3) is 5.91 Å². The van der Waals surface area contributed by atoms with Gasteiger partial charge in [-0.3, -0.25) is 4.79 Å². The van der Waals surface area contributed by atoms with E-state index in [0.717, 1.165) is 35.1 Å². The number of amides is 1. The molecule has 136 valence electrons. The van der Waals surface area contributed by atoms with Gasteiger partial charge in [0.05, 0.1) is 0 Å². The largest absolute Gasteiger partial charge is 0.376 e. The van der Waals surface area contributed by atoms with E-state index in [1.54, 1.807) is 6.07 Å². The molecule has 0 radical (unpaired) electrons. The Morgan fingerprint density at radius 3 is 1.89 bits per heavy atom. The lowest BCUT2D eigenvalue weighted by molar-refractivity contribution is 0.0932. The fraction of sp³-hybridized carbons (Fsp3) is 0.208. The zero-order valence-corrected chi connectivity index (χ0v) is 15.4. The molecule has 0 atom stereocenters. The van der Waals surface area contributed by atoms with Gasteiger partial charge < -0.3 is 10.4 Å². The van der Waals surface area contributed by atoms with E-state index in [-0.39, 0.29) is 5.91 Å². The Labute approximate surface area is 159 Å². The van der Waals surface area contributed by atoms with Crippen molar-refractivity contribution in [3.05, 3.63) is 106 Å². The molecule has 3 aromatic carbocycles. The lowest BCUT2D eigenvalue weighted by Crippen LogP contribution is -2.34. The summed E-state index contributed by atoms with van der Waals surface area (Å²) >= 11 is 0. The predicted molar refractivity (Wildman–Crippen MR) is 107 cm³/mol. The standard InChI is InChI=1S/C24H23NO2/c1-2-25-23(26)19-11-5-8-14-22(19)24(27)20-12-6-3-9-17(20)15-16-18-10-4-7-13-21(18)24/h3-14,27H,2,15-16H2,1H3,(H,25,26). The molecule has 2 N–H and O–H groups in total. The van der Waals surface area contributed by atoms with Crippen LogP contribution in [0, 0.1) is 0 Å². The van der Waals surface area contributed by atoms with E-state index in [1.807, 2.05) is 61.5 Å². The maximum Gasteiger partial charge on any atom is 0.251 e. The second-order valence-corrected chi connectivity index (χ2v) is 6.93. The Hall–Kier alpha value is -2.91. The van der Waals surface area contributed by atoms with Crippen molar-refractivity contribution < 1.29 is 9.90 Å². The highest BCUT2D eigenvalue weighted by molar-refractivity contribution is 5.96. The number of aliphatic hydroxyl groups is 1. The van der Waals surface area contributed by atoms with Crippen molar-refractivity contribution >= 4 is 5.91 Å². The molecule has 3 nitrogen and oxygen atoms in total. The second-order valence-electron chi connectivity index (χ2n) is 6.93. The maximum atomic E-state index is 12.7. The average molecular weight is 357 g/mol. The molecule has 4 rings (SSSR count). The number of hydrogen-bond acceptors (Lipinski definition) is 2. The summed E-state index contributed by atoms with van der Waals surface area (Å²) in [5.74, 6) is -0.166. The van der Waals surface area contributed by atoms with E-state index >= 15 is 0 Å². The molecule has 3 heteroatoms. The molecular weight excluding hydrogens is 334 g/mol. The first kappa shape index (κ1) is 17.5. The summed E-state index contributed by atoms with van der Waals surface area (Å²) in [4.78, 5) is 12.7. The van der Waals surface area contributed by atoms with Crippen LogP contribution in [0.1, 0.15) is 45.1 Å². The number of hydrogen-bond donors (Lipinski definition) is 2. The molecule has 0 aliphatic heterocycles. The number of nitrogens with one attached hydrogen (secondary N) is 1. The van der Waals surface area contributed by atoms with Gasteiger partial charge in [0, 0.05) is 17.7 Å². The molecule has 0 unspecified atom stereocenters. The lowest BCUT2D eigenvalue weighted by Gasteiger charge is -2.33.